The lowest BCUT2D eigenvalue weighted by atomic mass is 9.96. The van der Waals surface area contributed by atoms with Crippen molar-refractivity contribution in [3.8, 4) is 0 Å². The second kappa shape index (κ2) is 9.71. The molecule has 2 aliphatic heterocycles. The van der Waals surface area contributed by atoms with Gasteiger partial charge in [-0.2, -0.15) is 0 Å². The normalized spacial score (nSPS) is 22.4. The molecule has 0 aliphatic carbocycles. The maximum Gasteiger partial charge on any atom is 0.142 e. The highest BCUT2D eigenvalue weighted by molar-refractivity contribution is 7.99. The molecular weight excluding hydrogens is 465 g/mol. The molecule has 2 N–H and O–H groups in total. The van der Waals surface area contributed by atoms with E-state index in [0.29, 0.717) is 0 Å². The van der Waals surface area contributed by atoms with E-state index in [0.717, 1.165) is 72.0 Å². The molecule has 2 nitrogen and oxygen atoms in total. The molecule has 33 heavy (non-hydrogen) atoms. The number of benzene rings is 3. The molecule has 0 unspecified atom stereocenters. The molecule has 0 aromatic heterocycles. The maximum absolute atomic E-state index is 14.3. The van der Waals surface area contributed by atoms with Crippen molar-refractivity contribution in [2.45, 2.75) is 28.7 Å². The zero-order valence-electron chi connectivity index (χ0n) is 18.1. The highest BCUT2D eigenvalue weighted by Crippen LogP contribution is 2.42. The Labute approximate surface area is 201 Å². The standard InChI is InChI=1S/C26H24ClF3N2S/c27-22-15-21-24(13-18-3-6-20(29)14-25(18)33-26(21)16-23(22)30)32-11-9-31(10-12-32)8-7-17-1-4-19(28)5-2-17/h1-6,14-16,24H,7-13H2/p+2/t24-/m0/s1. The third-order valence-corrected chi connectivity index (χ3v) is 8.34. The van der Waals surface area contributed by atoms with E-state index in [-0.39, 0.29) is 22.7 Å². The van der Waals surface area contributed by atoms with E-state index in [1.807, 2.05) is 18.2 Å². The summed E-state index contributed by atoms with van der Waals surface area (Å²) in [5.41, 5.74) is 3.30. The van der Waals surface area contributed by atoms with Gasteiger partial charge >= 0.3 is 0 Å². The number of halogens is 4. The first-order chi connectivity index (χ1) is 16.0. The largest absolute Gasteiger partial charge is 0.325 e. The molecule has 0 saturated carbocycles. The van der Waals surface area contributed by atoms with Crippen LogP contribution in [0.1, 0.15) is 22.7 Å². The number of quaternary nitrogens is 2. The van der Waals surface area contributed by atoms with Crippen LogP contribution in [0.15, 0.2) is 64.4 Å². The van der Waals surface area contributed by atoms with Gasteiger partial charge in [-0.15, -0.1) is 0 Å². The van der Waals surface area contributed by atoms with E-state index in [2.05, 4.69) is 0 Å². The minimum Gasteiger partial charge on any atom is -0.325 e. The topological polar surface area (TPSA) is 8.88 Å². The van der Waals surface area contributed by atoms with Crippen molar-refractivity contribution in [2.75, 3.05) is 32.7 Å². The molecular formula is C26H26ClF3N2S+2. The van der Waals surface area contributed by atoms with Crippen molar-refractivity contribution in [2.24, 2.45) is 0 Å². The van der Waals surface area contributed by atoms with Gasteiger partial charge in [-0.05, 0) is 47.5 Å². The van der Waals surface area contributed by atoms with E-state index < -0.39 is 5.82 Å². The number of hydrogen-bond acceptors (Lipinski definition) is 1. The van der Waals surface area contributed by atoms with E-state index >= 15 is 0 Å². The van der Waals surface area contributed by atoms with Crippen LogP contribution in [-0.2, 0) is 12.8 Å². The molecule has 3 aromatic carbocycles. The van der Waals surface area contributed by atoms with Gasteiger partial charge in [0, 0.05) is 28.2 Å². The van der Waals surface area contributed by atoms with Crippen LogP contribution in [0.4, 0.5) is 13.2 Å². The van der Waals surface area contributed by atoms with Crippen LogP contribution in [0.5, 0.6) is 0 Å². The summed E-state index contributed by atoms with van der Waals surface area (Å²) in [5, 5.41) is 0.138. The first-order valence-corrected chi connectivity index (χ1v) is 12.5. The highest BCUT2D eigenvalue weighted by atomic mass is 35.5. The summed E-state index contributed by atoms with van der Waals surface area (Å²) >= 11 is 7.62. The van der Waals surface area contributed by atoms with Crippen LogP contribution in [0.25, 0.3) is 0 Å². The monoisotopic (exact) mass is 490 g/mol. The van der Waals surface area contributed by atoms with Gasteiger partial charge in [-0.25, -0.2) is 13.2 Å². The Morgan fingerprint density at radius 1 is 0.848 bits per heavy atom. The van der Waals surface area contributed by atoms with Crippen molar-refractivity contribution >= 4 is 23.4 Å². The molecule has 2 heterocycles. The molecule has 0 spiro atoms. The van der Waals surface area contributed by atoms with E-state index in [4.69, 9.17) is 11.6 Å². The minimum atomic E-state index is -0.438. The zero-order valence-corrected chi connectivity index (χ0v) is 19.7. The number of piperazine rings is 1. The highest BCUT2D eigenvalue weighted by Gasteiger charge is 2.35. The molecule has 3 aromatic rings. The Balaban J connectivity index is 1.32. The average Bonchev–Trinajstić information content (AvgIpc) is 2.96. The Morgan fingerprint density at radius 2 is 1.58 bits per heavy atom. The Morgan fingerprint density at radius 3 is 2.33 bits per heavy atom. The zero-order chi connectivity index (χ0) is 22.9. The fourth-order valence-corrected chi connectivity index (χ4v) is 6.35. The lowest BCUT2D eigenvalue weighted by Gasteiger charge is -2.35. The summed E-state index contributed by atoms with van der Waals surface area (Å²) in [4.78, 5) is 4.68. The van der Waals surface area contributed by atoms with Crippen molar-refractivity contribution in [3.05, 3.63) is 93.8 Å². The van der Waals surface area contributed by atoms with E-state index in [1.54, 1.807) is 17.0 Å². The predicted molar refractivity (Wildman–Crippen MR) is 125 cm³/mol. The van der Waals surface area contributed by atoms with Crippen molar-refractivity contribution in [3.63, 3.8) is 0 Å². The van der Waals surface area contributed by atoms with Crippen LogP contribution in [0, 0.1) is 17.5 Å². The van der Waals surface area contributed by atoms with Gasteiger partial charge in [-0.1, -0.05) is 41.6 Å². The van der Waals surface area contributed by atoms with E-state index in [9.17, 15) is 13.2 Å². The fraction of sp³-hybridized carbons (Fsp3) is 0.308. The van der Waals surface area contributed by atoms with Crippen LogP contribution >= 0.6 is 23.4 Å². The van der Waals surface area contributed by atoms with Gasteiger partial charge in [0.2, 0.25) is 0 Å². The summed E-state index contributed by atoms with van der Waals surface area (Å²) in [5.74, 6) is -0.914. The third-order valence-electron chi connectivity index (χ3n) is 6.87. The van der Waals surface area contributed by atoms with Gasteiger partial charge in [0.25, 0.3) is 0 Å². The summed E-state index contributed by atoms with van der Waals surface area (Å²) in [6, 6.07) is 15.1. The van der Waals surface area contributed by atoms with Crippen molar-refractivity contribution in [1.29, 1.82) is 0 Å². The summed E-state index contributed by atoms with van der Waals surface area (Å²) in [7, 11) is 0. The Bertz CT molecular complexity index is 1150. The lowest BCUT2D eigenvalue weighted by molar-refractivity contribution is -1.03. The number of hydrogen-bond donors (Lipinski definition) is 2. The first kappa shape index (κ1) is 22.8. The number of fused-ring (bicyclic) bond motifs is 2. The quantitative estimate of drug-likeness (QED) is 0.569. The first-order valence-electron chi connectivity index (χ1n) is 11.3. The second-order valence-corrected chi connectivity index (χ2v) is 10.4. The smallest absolute Gasteiger partial charge is 0.142 e. The molecule has 0 amide bonds. The summed E-state index contributed by atoms with van der Waals surface area (Å²) < 4.78 is 41.4. The minimum absolute atomic E-state index is 0.138. The van der Waals surface area contributed by atoms with E-state index in [1.165, 1.54) is 40.9 Å². The van der Waals surface area contributed by atoms with Gasteiger partial charge in [-0.3, -0.25) is 0 Å². The van der Waals surface area contributed by atoms with Gasteiger partial charge in [0.1, 0.15) is 49.7 Å². The number of rotatable bonds is 4. The lowest BCUT2D eigenvalue weighted by Crippen LogP contribution is -3.28. The average molecular weight is 491 g/mol. The van der Waals surface area contributed by atoms with Crippen molar-refractivity contribution < 1.29 is 23.0 Å². The van der Waals surface area contributed by atoms with Gasteiger partial charge < -0.3 is 9.80 Å². The molecule has 172 valence electrons. The fourth-order valence-electron chi connectivity index (χ4n) is 5.00. The maximum atomic E-state index is 14.3. The second-order valence-electron chi connectivity index (χ2n) is 8.95. The third kappa shape index (κ3) is 5.09. The molecule has 1 fully saturated rings. The van der Waals surface area contributed by atoms with Gasteiger partial charge in [0.05, 0.1) is 11.6 Å². The van der Waals surface area contributed by atoms with Crippen molar-refractivity contribution in [1.82, 2.24) is 0 Å². The Hall–Kier alpha value is -1.99. The van der Waals surface area contributed by atoms with Crippen LogP contribution < -0.4 is 9.80 Å². The molecule has 0 radical (unpaired) electrons. The molecule has 7 heteroatoms. The molecule has 5 rings (SSSR count). The summed E-state index contributed by atoms with van der Waals surface area (Å²) in [6.45, 7) is 5.11. The summed E-state index contributed by atoms with van der Waals surface area (Å²) in [6.07, 6.45) is 1.71. The Kier molecular flexibility index (Phi) is 6.70. The van der Waals surface area contributed by atoms with Crippen LogP contribution in [-0.4, -0.2) is 32.7 Å². The van der Waals surface area contributed by atoms with Gasteiger partial charge in [0.15, 0.2) is 0 Å². The SMILES string of the molecule is Fc1ccc(CC[NH+]2CC[NH+]([C@H]3Cc4ccc(F)cc4Sc4cc(F)c(Cl)cc43)CC2)cc1. The van der Waals surface area contributed by atoms with Crippen LogP contribution in [0.3, 0.4) is 0 Å². The predicted octanol–water partition coefficient (Wildman–Crippen LogP) is 3.53. The molecule has 1 saturated heterocycles. The molecule has 0 bridgehead atoms. The molecule has 2 aliphatic rings. The van der Waals surface area contributed by atoms with Crippen LogP contribution in [0.2, 0.25) is 5.02 Å². The number of nitrogens with one attached hydrogen (secondary N) is 2. The molecule has 1 atom stereocenters.